The van der Waals surface area contributed by atoms with Gasteiger partial charge in [0.1, 0.15) is 12.4 Å². The van der Waals surface area contributed by atoms with E-state index in [9.17, 15) is 9.59 Å². The number of rotatable bonds is 11. The summed E-state index contributed by atoms with van der Waals surface area (Å²) in [7, 11) is 0. The monoisotopic (exact) mass is 615 g/mol. The van der Waals surface area contributed by atoms with Gasteiger partial charge in [-0.05, 0) is 83.4 Å². The summed E-state index contributed by atoms with van der Waals surface area (Å²) in [4.78, 5) is 30.1. The number of hydrogen-bond acceptors (Lipinski definition) is 5. The number of ether oxygens (including phenoxy) is 1. The van der Waals surface area contributed by atoms with Gasteiger partial charge in [0.2, 0.25) is 0 Å². The summed E-state index contributed by atoms with van der Waals surface area (Å²) < 4.78 is 8.47. The van der Waals surface area contributed by atoms with E-state index in [1.807, 2.05) is 72.1 Å². The van der Waals surface area contributed by atoms with Crippen LogP contribution in [0.2, 0.25) is 0 Å². The molecule has 0 radical (unpaired) electrons. The first-order chi connectivity index (χ1) is 22.0. The van der Waals surface area contributed by atoms with Gasteiger partial charge in [0.25, 0.3) is 11.5 Å². The van der Waals surface area contributed by atoms with Gasteiger partial charge in [-0.2, -0.15) is 0 Å². The number of benzene rings is 3. The Morgan fingerprint density at radius 2 is 1.64 bits per heavy atom. The highest BCUT2D eigenvalue weighted by Crippen LogP contribution is 2.30. The standard InChI is InChI=1S/C38H37N3O3S/c1-4-40(5-2)26(3)29-13-11-27(12-14-29)24-39-37(42)34-23-33(38(43)41-21-19-31-20-22-45-36(31)35(34)41)30-15-17-32(18-16-30)44-25-28-9-7-6-8-10-28/h6-23,26H,4-5,24-25H2,1-3H3,(H,39,42). The molecule has 3 aromatic heterocycles. The van der Waals surface area contributed by atoms with Crippen molar-refractivity contribution in [2.24, 2.45) is 0 Å². The topological polar surface area (TPSA) is 63.1 Å². The molecule has 1 N–H and O–H groups in total. The number of nitrogens with zero attached hydrogens (tertiary/aromatic N) is 2. The third-order valence-corrected chi connectivity index (χ3v) is 9.42. The van der Waals surface area contributed by atoms with Crippen LogP contribution in [0.5, 0.6) is 5.75 Å². The second kappa shape index (κ2) is 13.5. The maximum absolute atomic E-state index is 13.9. The van der Waals surface area contributed by atoms with Crippen molar-refractivity contribution in [1.29, 1.82) is 0 Å². The number of pyridine rings is 2. The molecular weight excluding hydrogens is 579 g/mol. The highest BCUT2D eigenvalue weighted by molar-refractivity contribution is 7.18. The molecule has 0 aliphatic heterocycles. The van der Waals surface area contributed by atoms with E-state index >= 15 is 0 Å². The molecule has 1 amide bonds. The van der Waals surface area contributed by atoms with Gasteiger partial charge in [-0.1, -0.05) is 80.6 Å². The summed E-state index contributed by atoms with van der Waals surface area (Å²) in [6.45, 7) is 9.41. The molecule has 1 unspecified atom stereocenters. The van der Waals surface area contributed by atoms with E-state index in [2.05, 4.69) is 55.3 Å². The molecule has 3 heterocycles. The molecule has 0 fully saturated rings. The molecule has 228 valence electrons. The molecule has 0 spiro atoms. The Hall–Kier alpha value is -4.72. The van der Waals surface area contributed by atoms with Gasteiger partial charge in [-0.15, -0.1) is 11.3 Å². The average molecular weight is 616 g/mol. The van der Waals surface area contributed by atoms with Crippen LogP contribution in [0.3, 0.4) is 0 Å². The lowest BCUT2D eigenvalue weighted by molar-refractivity contribution is 0.0952. The third kappa shape index (κ3) is 6.41. The normalized spacial score (nSPS) is 12.1. The molecule has 1 atom stereocenters. The van der Waals surface area contributed by atoms with Gasteiger partial charge < -0.3 is 10.1 Å². The highest BCUT2D eigenvalue weighted by atomic mass is 32.1. The summed E-state index contributed by atoms with van der Waals surface area (Å²) in [6.07, 6.45) is 1.76. The summed E-state index contributed by atoms with van der Waals surface area (Å²) in [5.41, 5.74) is 5.45. The smallest absolute Gasteiger partial charge is 0.263 e. The molecule has 0 aliphatic rings. The van der Waals surface area contributed by atoms with Crippen LogP contribution in [0.15, 0.2) is 113 Å². The Morgan fingerprint density at radius 3 is 2.36 bits per heavy atom. The first-order valence-corrected chi connectivity index (χ1v) is 16.3. The Bertz CT molecular complexity index is 1980. The molecule has 3 aromatic carbocycles. The number of fused-ring (bicyclic) bond motifs is 3. The molecule has 0 saturated carbocycles. The van der Waals surface area contributed by atoms with Crippen molar-refractivity contribution in [3.8, 4) is 16.9 Å². The predicted molar refractivity (Wildman–Crippen MR) is 184 cm³/mol. The number of amides is 1. The summed E-state index contributed by atoms with van der Waals surface area (Å²) in [5, 5.41) is 6.10. The number of aromatic nitrogens is 1. The van der Waals surface area contributed by atoms with Crippen molar-refractivity contribution in [2.75, 3.05) is 13.1 Å². The average Bonchev–Trinajstić information content (AvgIpc) is 3.57. The molecule has 0 bridgehead atoms. The van der Waals surface area contributed by atoms with Crippen LogP contribution in [0.25, 0.3) is 26.7 Å². The van der Waals surface area contributed by atoms with E-state index in [0.29, 0.717) is 41.6 Å². The molecule has 6 nitrogen and oxygen atoms in total. The van der Waals surface area contributed by atoms with Crippen molar-refractivity contribution >= 4 is 32.8 Å². The number of carbonyl (C=O) groups excluding carboxylic acids is 1. The fourth-order valence-corrected chi connectivity index (χ4v) is 6.78. The Morgan fingerprint density at radius 1 is 0.911 bits per heavy atom. The molecule has 45 heavy (non-hydrogen) atoms. The molecule has 0 aliphatic carbocycles. The van der Waals surface area contributed by atoms with Gasteiger partial charge in [-0.25, -0.2) is 0 Å². The van der Waals surface area contributed by atoms with Crippen LogP contribution in [0.1, 0.15) is 53.9 Å². The SMILES string of the molecule is CCN(CC)C(C)c1ccc(CNC(=O)c2cc(-c3ccc(OCc4ccccc4)cc3)c(=O)n3ccc4ccsc4c23)cc1. The predicted octanol–water partition coefficient (Wildman–Crippen LogP) is 8.09. The highest BCUT2D eigenvalue weighted by Gasteiger charge is 2.19. The van der Waals surface area contributed by atoms with E-state index in [0.717, 1.165) is 39.9 Å². The van der Waals surface area contributed by atoms with E-state index < -0.39 is 0 Å². The first-order valence-electron chi connectivity index (χ1n) is 15.4. The summed E-state index contributed by atoms with van der Waals surface area (Å²) in [5.74, 6) is 0.484. The van der Waals surface area contributed by atoms with Crippen molar-refractivity contribution in [1.82, 2.24) is 14.6 Å². The van der Waals surface area contributed by atoms with Crippen molar-refractivity contribution < 1.29 is 9.53 Å². The fraction of sp³-hybridized carbons (Fsp3) is 0.211. The van der Waals surface area contributed by atoms with E-state index in [4.69, 9.17) is 4.74 Å². The van der Waals surface area contributed by atoms with Crippen LogP contribution >= 0.6 is 11.3 Å². The van der Waals surface area contributed by atoms with Gasteiger partial charge in [-0.3, -0.25) is 18.9 Å². The lowest BCUT2D eigenvalue weighted by Gasteiger charge is -2.26. The van der Waals surface area contributed by atoms with E-state index in [-0.39, 0.29) is 11.5 Å². The molecule has 7 heteroatoms. The maximum Gasteiger partial charge on any atom is 0.263 e. The minimum atomic E-state index is -0.224. The first kappa shape index (κ1) is 30.3. The zero-order chi connectivity index (χ0) is 31.3. The summed E-state index contributed by atoms with van der Waals surface area (Å²) >= 11 is 1.53. The minimum absolute atomic E-state index is 0.173. The van der Waals surface area contributed by atoms with Crippen LogP contribution in [-0.4, -0.2) is 28.3 Å². The van der Waals surface area contributed by atoms with Crippen molar-refractivity contribution in [3.05, 3.63) is 141 Å². The Balaban J connectivity index is 1.28. The lowest BCUT2D eigenvalue weighted by Crippen LogP contribution is -2.27. The zero-order valence-electron chi connectivity index (χ0n) is 25.8. The maximum atomic E-state index is 13.9. The minimum Gasteiger partial charge on any atom is -0.489 e. The van der Waals surface area contributed by atoms with Crippen LogP contribution in [0.4, 0.5) is 0 Å². The van der Waals surface area contributed by atoms with E-state index in [1.54, 1.807) is 16.7 Å². The number of thiophene rings is 1. The van der Waals surface area contributed by atoms with Gasteiger partial charge in [0.15, 0.2) is 0 Å². The molecular formula is C38H37N3O3S. The van der Waals surface area contributed by atoms with Gasteiger partial charge >= 0.3 is 0 Å². The largest absolute Gasteiger partial charge is 0.489 e. The second-order valence-corrected chi connectivity index (χ2v) is 12.1. The number of carbonyl (C=O) groups is 1. The number of nitrogens with one attached hydrogen (secondary N) is 1. The van der Waals surface area contributed by atoms with Gasteiger partial charge in [0.05, 0.1) is 15.8 Å². The quantitative estimate of drug-likeness (QED) is 0.160. The second-order valence-electron chi connectivity index (χ2n) is 11.1. The Kier molecular flexibility index (Phi) is 9.10. The van der Waals surface area contributed by atoms with Crippen LogP contribution in [0, 0.1) is 0 Å². The Labute approximate surface area is 267 Å². The third-order valence-electron chi connectivity index (χ3n) is 8.48. The van der Waals surface area contributed by atoms with Crippen LogP contribution < -0.4 is 15.6 Å². The van der Waals surface area contributed by atoms with Crippen LogP contribution in [-0.2, 0) is 13.2 Å². The number of hydrogen-bond donors (Lipinski definition) is 1. The van der Waals surface area contributed by atoms with Gasteiger partial charge in [0, 0.05) is 24.3 Å². The molecule has 6 aromatic rings. The lowest BCUT2D eigenvalue weighted by atomic mass is 10.0. The molecule has 6 rings (SSSR count). The van der Waals surface area contributed by atoms with E-state index in [1.165, 1.54) is 16.9 Å². The summed E-state index contributed by atoms with van der Waals surface area (Å²) in [6, 6.07) is 31.9. The fourth-order valence-electron chi connectivity index (χ4n) is 5.83. The van der Waals surface area contributed by atoms with Crippen molar-refractivity contribution in [3.63, 3.8) is 0 Å². The molecule has 0 saturated heterocycles. The zero-order valence-corrected chi connectivity index (χ0v) is 26.6. The van der Waals surface area contributed by atoms with Crippen molar-refractivity contribution in [2.45, 2.75) is 40.0 Å².